The molecule has 1 aliphatic heterocycles. The van der Waals surface area contributed by atoms with E-state index in [0.717, 1.165) is 16.7 Å². The number of allylic oxidation sites excluding steroid dienone is 1. The molecule has 0 saturated carbocycles. The Bertz CT molecular complexity index is 1220. The van der Waals surface area contributed by atoms with Crippen molar-refractivity contribution in [2.45, 2.75) is 20.8 Å². The fourth-order valence-electron chi connectivity index (χ4n) is 3.20. The van der Waals surface area contributed by atoms with E-state index >= 15 is 0 Å². The number of benzene rings is 2. The van der Waals surface area contributed by atoms with Crippen molar-refractivity contribution in [3.8, 4) is 11.5 Å². The lowest BCUT2D eigenvalue weighted by atomic mass is 10.1. The molecule has 0 amide bonds. The third kappa shape index (κ3) is 2.81. The minimum atomic E-state index is -0.546. The SMILES string of the molecule is Cc1cc2c(cc1C)[n+](=O)c(C(=O)/C=C/c1ccc3c(c1)OCO3)c(C)n2[O-]. The standard InChI is InChI=1S/C21H18N2O5/c1-12-8-16-17(9-13(12)2)23(26)21(14(3)22(16)25)18(24)6-4-15-5-7-19-20(10-15)28-11-27-19/h4-10H,11H2,1-3H3/b6-4+. The summed E-state index contributed by atoms with van der Waals surface area (Å²) >= 11 is 0. The van der Waals surface area contributed by atoms with Crippen LogP contribution in [0.1, 0.15) is 32.9 Å². The molecule has 0 atom stereocenters. The lowest BCUT2D eigenvalue weighted by Crippen LogP contribution is -2.30. The zero-order valence-electron chi connectivity index (χ0n) is 15.7. The molecule has 0 radical (unpaired) electrons. The summed E-state index contributed by atoms with van der Waals surface area (Å²) in [6.45, 7) is 5.35. The Morgan fingerprint density at radius 1 is 1.11 bits per heavy atom. The first-order valence-corrected chi connectivity index (χ1v) is 8.75. The monoisotopic (exact) mass is 378 g/mol. The summed E-state index contributed by atoms with van der Waals surface area (Å²) in [5.41, 5.74) is 2.77. The molecule has 7 heteroatoms. The summed E-state index contributed by atoms with van der Waals surface area (Å²) in [7, 11) is 0. The second-order valence-electron chi connectivity index (χ2n) is 6.76. The fraction of sp³-hybridized carbons (Fsp3) is 0.190. The number of ether oxygens (including phenoxy) is 2. The molecule has 1 aliphatic rings. The Labute approximate surface area is 160 Å². The van der Waals surface area contributed by atoms with E-state index in [1.54, 1.807) is 36.4 Å². The first kappa shape index (κ1) is 17.8. The van der Waals surface area contributed by atoms with Crippen molar-refractivity contribution in [2.24, 2.45) is 0 Å². The number of carbonyl (C=O) groups excluding carboxylic acids is 1. The molecule has 0 saturated heterocycles. The Morgan fingerprint density at radius 3 is 2.61 bits per heavy atom. The van der Waals surface area contributed by atoms with Gasteiger partial charge in [-0.25, -0.2) is 0 Å². The van der Waals surface area contributed by atoms with Crippen LogP contribution in [0.5, 0.6) is 11.5 Å². The van der Waals surface area contributed by atoms with Crippen LogP contribution in [-0.2, 0) is 0 Å². The molecule has 0 unspecified atom stereocenters. The number of hydrogen-bond acceptors (Lipinski definition) is 5. The van der Waals surface area contributed by atoms with Gasteiger partial charge in [0.2, 0.25) is 6.79 Å². The highest BCUT2D eigenvalue weighted by atomic mass is 16.7. The third-order valence-electron chi connectivity index (χ3n) is 4.94. The van der Waals surface area contributed by atoms with Gasteiger partial charge in [0.15, 0.2) is 11.5 Å². The lowest BCUT2D eigenvalue weighted by molar-refractivity contribution is -0.468. The Balaban J connectivity index is 1.77. The van der Waals surface area contributed by atoms with Crippen molar-refractivity contribution < 1.29 is 18.7 Å². The number of rotatable bonds is 3. The number of carbonyl (C=O) groups is 1. The summed E-state index contributed by atoms with van der Waals surface area (Å²) in [6.07, 6.45) is 2.85. The van der Waals surface area contributed by atoms with E-state index in [1.165, 1.54) is 13.0 Å². The van der Waals surface area contributed by atoms with E-state index in [0.29, 0.717) is 20.7 Å². The van der Waals surface area contributed by atoms with E-state index in [2.05, 4.69) is 0 Å². The van der Waals surface area contributed by atoms with Crippen LogP contribution in [0.4, 0.5) is 0 Å². The molecule has 4 rings (SSSR count). The summed E-state index contributed by atoms with van der Waals surface area (Å²) in [5, 5.41) is 12.6. The lowest BCUT2D eigenvalue weighted by Gasteiger charge is -2.16. The quantitative estimate of drug-likeness (QED) is 0.396. The van der Waals surface area contributed by atoms with Gasteiger partial charge in [0.1, 0.15) is 5.52 Å². The highest BCUT2D eigenvalue weighted by Gasteiger charge is 2.25. The van der Waals surface area contributed by atoms with Gasteiger partial charge in [-0.2, -0.15) is 0 Å². The average molecular weight is 378 g/mol. The van der Waals surface area contributed by atoms with Gasteiger partial charge < -0.3 is 19.4 Å². The molecule has 2 heterocycles. The minimum absolute atomic E-state index is 0.0612. The highest BCUT2D eigenvalue weighted by Crippen LogP contribution is 2.32. The topological polar surface area (TPSA) is 86.5 Å². The average Bonchev–Trinajstić information content (AvgIpc) is 3.14. The van der Waals surface area contributed by atoms with Gasteiger partial charge in [0, 0.05) is 11.0 Å². The van der Waals surface area contributed by atoms with Crippen LogP contribution in [0.3, 0.4) is 0 Å². The van der Waals surface area contributed by atoms with Crippen molar-refractivity contribution in [1.82, 2.24) is 4.73 Å². The molecule has 0 fully saturated rings. The Morgan fingerprint density at radius 2 is 1.82 bits per heavy atom. The van der Waals surface area contributed by atoms with E-state index in [1.807, 2.05) is 13.8 Å². The maximum absolute atomic E-state index is 12.8. The van der Waals surface area contributed by atoms with Crippen molar-refractivity contribution >= 4 is 22.9 Å². The summed E-state index contributed by atoms with van der Waals surface area (Å²) < 4.78 is 11.7. The summed E-state index contributed by atoms with van der Waals surface area (Å²) in [5.74, 6) is 0.692. The van der Waals surface area contributed by atoms with Crippen LogP contribution in [-0.4, -0.2) is 17.3 Å². The van der Waals surface area contributed by atoms with Crippen LogP contribution >= 0.6 is 0 Å². The third-order valence-corrected chi connectivity index (χ3v) is 4.94. The second kappa shape index (κ2) is 6.53. The maximum Gasteiger partial charge on any atom is 0.329 e. The first-order chi connectivity index (χ1) is 13.4. The van der Waals surface area contributed by atoms with E-state index in [4.69, 9.17) is 9.47 Å². The molecule has 28 heavy (non-hydrogen) atoms. The first-order valence-electron chi connectivity index (χ1n) is 8.75. The smallest absolute Gasteiger partial charge is 0.329 e. The molecule has 3 aromatic rings. The van der Waals surface area contributed by atoms with Crippen molar-refractivity contribution in [1.29, 1.82) is 0 Å². The normalized spacial score (nSPS) is 12.8. The molecule has 0 aliphatic carbocycles. The molecular formula is C21H18N2O5. The van der Waals surface area contributed by atoms with Gasteiger partial charge in [-0.15, -0.1) is 0 Å². The minimum Gasteiger partial charge on any atom is -0.805 e. The van der Waals surface area contributed by atoms with Crippen LogP contribution in [0.25, 0.3) is 17.1 Å². The maximum atomic E-state index is 12.8. The van der Waals surface area contributed by atoms with Gasteiger partial charge in [-0.05, 0) is 61.7 Å². The number of nitrogens with zero attached hydrogens (tertiary/aromatic N) is 2. The van der Waals surface area contributed by atoms with Crippen molar-refractivity contribution in [3.05, 3.63) is 74.6 Å². The second-order valence-corrected chi connectivity index (χ2v) is 6.76. The number of aryl methyl sites for hydroxylation is 2. The van der Waals surface area contributed by atoms with Crippen LogP contribution in [0.15, 0.2) is 36.4 Å². The zero-order chi connectivity index (χ0) is 20.0. The predicted octanol–water partition coefficient (Wildman–Crippen LogP) is 3.45. The van der Waals surface area contributed by atoms with Gasteiger partial charge in [0.25, 0.3) is 11.3 Å². The van der Waals surface area contributed by atoms with Crippen molar-refractivity contribution in [3.63, 3.8) is 0 Å². The Kier molecular flexibility index (Phi) is 4.15. The molecule has 0 spiro atoms. The molecule has 142 valence electrons. The van der Waals surface area contributed by atoms with Gasteiger partial charge >= 0.3 is 5.69 Å². The predicted molar refractivity (Wildman–Crippen MR) is 104 cm³/mol. The van der Waals surface area contributed by atoms with E-state index < -0.39 is 5.78 Å². The fourth-order valence-corrected chi connectivity index (χ4v) is 3.20. The number of fused-ring (bicyclic) bond motifs is 2. The van der Waals surface area contributed by atoms with Gasteiger partial charge in [-0.1, -0.05) is 12.1 Å². The van der Waals surface area contributed by atoms with Crippen molar-refractivity contribution in [2.75, 3.05) is 6.79 Å². The molecule has 7 nitrogen and oxygen atoms in total. The van der Waals surface area contributed by atoms with E-state index in [9.17, 15) is 14.9 Å². The number of hydrogen-bond donors (Lipinski definition) is 0. The van der Waals surface area contributed by atoms with Crippen LogP contribution in [0.2, 0.25) is 0 Å². The molecule has 0 bridgehead atoms. The summed E-state index contributed by atoms with van der Waals surface area (Å²) in [4.78, 5) is 25.6. The molecular weight excluding hydrogens is 360 g/mol. The van der Waals surface area contributed by atoms with E-state index in [-0.39, 0.29) is 29.2 Å². The van der Waals surface area contributed by atoms with Crippen LogP contribution in [0, 0.1) is 30.9 Å². The Hall–Kier alpha value is -3.61. The summed E-state index contributed by atoms with van der Waals surface area (Å²) in [6, 6.07) is 8.55. The highest BCUT2D eigenvalue weighted by molar-refractivity contribution is 6.05. The number of aromatic nitrogens is 2. The molecule has 0 N–H and O–H groups in total. The number of ketones is 1. The largest absolute Gasteiger partial charge is 0.805 e. The molecule has 2 aromatic carbocycles. The molecule has 1 aromatic heterocycles. The van der Waals surface area contributed by atoms with Gasteiger partial charge in [0.05, 0.1) is 10.1 Å². The zero-order valence-corrected chi connectivity index (χ0v) is 15.7. The van der Waals surface area contributed by atoms with Crippen LogP contribution < -0.4 is 13.9 Å². The van der Waals surface area contributed by atoms with Gasteiger partial charge in [-0.3, -0.25) is 4.79 Å².